The highest BCUT2D eigenvalue weighted by atomic mass is 32.2. The first-order chi connectivity index (χ1) is 7.77. The highest BCUT2D eigenvalue weighted by molar-refractivity contribution is 7.84. The van der Waals surface area contributed by atoms with E-state index in [9.17, 15) is 4.21 Å². The Morgan fingerprint density at radius 2 is 1.94 bits per heavy atom. The van der Waals surface area contributed by atoms with Gasteiger partial charge in [-0.25, -0.2) is 0 Å². The van der Waals surface area contributed by atoms with Gasteiger partial charge >= 0.3 is 0 Å². The van der Waals surface area contributed by atoms with Crippen molar-refractivity contribution >= 4 is 10.8 Å². The molecular weight excluding hydrogens is 218 g/mol. The summed E-state index contributed by atoms with van der Waals surface area (Å²) < 4.78 is 11.7. The lowest BCUT2D eigenvalue weighted by Crippen LogP contribution is -2.42. The molecule has 0 aromatic heterocycles. The van der Waals surface area contributed by atoms with E-state index in [0.29, 0.717) is 6.04 Å². The predicted octanol–water partition coefficient (Wildman–Crippen LogP) is 2.70. The minimum atomic E-state index is -0.625. The Morgan fingerprint density at radius 3 is 2.50 bits per heavy atom. The van der Waals surface area contributed by atoms with Crippen LogP contribution in [0.25, 0.3) is 0 Å². The first-order valence-corrected chi connectivity index (χ1v) is 8.35. The smallest absolute Gasteiger partial charge is 0.0391 e. The molecule has 2 atom stereocenters. The zero-order chi connectivity index (χ0) is 11.8. The standard InChI is InChI=1S/C13H27NOS/c1-3-10-14-13(11-16(15)4-2)12-8-6-5-7-9-12/h12-14H,3-11H2,1-2H3. The third-order valence-electron chi connectivity index (χ3n) is 3.56. The summed E-state index contributed by atoms with van der Waals surface area (Å²) in [5.74, 6) is 2.44. The molecule has 3 heteroatoms. The summed E-state index contributed by atoms with van der Waals surface area (Å²) in [7, 11) is -0.625. The van der Waals surface area contributed by atoms with Crippen molar-refractivity contribution in [2.75, 3.05) is 18.1 Å². The second kappa shape index (κ2) is 8.24. The highest BCUT2D eigenvalue weighted by Gasteiger charge is 2.24. The molecule has 0 spiro atoms. The molecule has 1 N–H and O–H groups in total. The lowest BCUT2D eigenvalue weighted by molar-refractivity contribution is 0.284. The summed E-state index contributed by atoms with van der Waals surface area (Å²) in [5.41, 5.74) is 0. The fourth-order valence-corrected chi connectivity index (χ4v) is 3.57. The molecule has 96 valence electrons. The quantitative estimate of drug-likeness (QED) is 0.747. The van der Waals surface area contributed by atoms with E-state index in [-0.39, 0.29) is 0 Å². The molecule has 0 aromatic carbocycles. The first-order valence-electron chi connectivity index (χ1n) is 6.86. The lowest BCUT2D eigenvalue weighted by atomic mass is 9.84. The van der Waals surface area contributed by atoms with Gasteiger partial charge in [-0.1, -0.05) is 33.1 Å². The number of hydrogen-bond acceptors (Lipinski definition) is 2. The first kappa shape index (κ1) is 14.2. The number of hydrogen-bond donors (Lipinski definition) is 1. The third kappa shape index (κ3) is 4.96. The van der Waals surface area contributed by atoms with Gasteiger partial charge in [0.25, 0.3) is 0 Å². The van der Waals surface area contributed by atoms with Crippen LogP contribution in [0, 0.1) is 5.92 Å². The SMILES string of the molecule is CCCNC(CS(=O)CC)C1CCCCC1. The molecule has 0 aromatic rings. The summed E-state index contributed by atoms with van der Waals surface area (Å²) in [5, 5.41) is 3.61. The topological polar surface area (TPSA) is 29.1 Å². The average Bonchev–Trinajstić information content (AvgIpc) is 2.35. The van der Waals surface area contributed by atoms with Crippen molar-refractivity contribution in [2.45, 2.75) is 58.4 Å². The van der Waals surface area contributed by atoms with Crippen molar-refractivity contribution in [1.29, 1.82) is 0 Å². The number of nitrogens with one attached hydrogen (secondary N) is 1. The Bertz CT molecular complexity index is 202. The summed E-state index contributed by atoms with van der Waals surface area (Å²) in [4.78, 5) is 0. The Morgan fingerprint density at radius 1 is 1.25 bits per heavy atom. The minimum Gasteiger partial charge on any atom is -0.313 e. The maximum absolute atomic E-state index is 11.7. The Balaban J connectivity index is 2.43. The van der Waals surface area contributed by atoms with Gasteiger partial charge < -0.3 is 5.32 Å². The second-order valence-electron chi connectivity index (χ2n) is 4.85. The molecule has 0 saturated heterocycles. The van der Waals surface area contributed by atoms with Crippen LogP contribution in [0.3, 0.4) is 0 Å². The zero-order valence-electron chi connectivity index (χ0n) is 10.8. The van der Waals surface area contributed by atoms with E-state index in [0.717, 1.165) is 24.0 Å². The van der Waals surface area contributed by atoms with E-state index in [2.05, 4.69) is 12.2 Å². The number of rotatable bonds is 7. The molecule has 1 rings (SSSR count). The molecule has 0 amide bonds. The minimum absolute atomic E-state index is 0.501. The van der Waals surface area contributed by atoms with E-state index in [1.165, 1.54) is 38.5 Å². The molecule has 0 heterocycles. The van der Waals surface area contributed by atoms with Gasteiger partial charge in [0, 0.05) is 28.3 Å². The summed E-state index contributed by atoms with van der Waals surface area (Å²) in [6, 6.07) is 0.501. The van der Waals surface area contributed by atoms with Crippen molar-refractivity contribution in [1.82, 2.24) is 5.32 Å². The van der Waals surface area contributed by atoms with Crippen molar-refractivity contribution in [3.05, 3.63) is 0 Å². The van der Waals surface area contributed by atoms with Gasteiger partial charge in [0.05, 0.1) is 0 Å². The molecule has 1 aliphatic rings. The molecule has 0 bridgehead atoms. The van der Waals surface area contributed by atoms with Crippen molar-refractivity contribution in [3.8, 4) is 0 Å². The molecule has 0 aliphatic heterocycles. The van der Waals surface area contributed by atoms with E-state index >= 15 is 0 Å². The fraction of sp³-hybridized carbons (Fsp3) is 1.00. The Labute approximate surface area is 103 Å². The fourth-order valence-electron chi connectivity index (χ4n) is 2.55. The zero-order valence-corrected chi connectivity index (χ0v) is 11.7. The predicted molar refractivity (Wildman–Crippen MR) is 72.2 cm³/mol. The normalized spacial score (nSPS) is 21.9. The van der Waals surface area contributed by atoms with Crippen LogP contribution >= 0.6 is 0 Å². The molecule has 1 fully saturated rings. The molecular formula is C13H27NOS. The average molecular weight is 245 g/mol. The summed E-state index contributed by atoms with van der Waals surface area (Å²) >= 11 is 0. The maximum atomic E-state index is 11.7. The largest absolute Gasteiger partial charge is 0.313 e. The van der Waals surface area contributed by atoms with Crippen LogP contribution in [0.5, 0.6) is 0 Å². The van der Waals surface area contributed by atoms with Gasteiger partial charge in [0.15, 0.2) is 0 Å². The Kier molecular flexibility index (Phi) is 7.30. The van der Waals surface area contributed by atoms with Crippen LogP contribution in [0.4, 0.5) is 0 Å². The molecule has 0 radical (unpaired) electrons. The van der Waals surface area contributed by atoms with Gasteiger partial charge in [0.1, 0.15) is 0 Å². The van der Waals surface area contributed by atoms with Gasteiger partial charge in [-0.3, -0.25) is 4.21 Å². The van der Waals surface area contributed by atoms with E-state index in [1.807, 2.05) is 6.92 Å². The Hall–Kier alpha value is 0.110. The monoisotopic (exact) mass is 245 g/mol. The van der Waals surface area contributed by atoms with E-state index in [1.54, 1.807) is 0 Å². The van der Waals surface area contributed by atoms with Crippen molar-refractivity contribution < 1.29 is 4.21 Å². The van der Waals surface area contributed by atoms with Crippen LogP contribution in [-0.2, 0) is 10.8 Å². The van der Waals surface area contributed by atoms with Gasteiger partial charge in [0.2, 0.25) is 0 Å². The van der Waals surface area contributed by atoms with E-state index < -0.39 is 10.8 Å². The summed E-state index contributed by atoms with van der Waals surface area (Å²) in [6.45, 7) is 5.29. The van der Waals surface area contributed by atoms with Crippen molar-refractivity contribution in [3.63, 3.8) is 0 Å². The highest BCUT2D eigenvalue weighted by Crippen LogP contribution is 2.26. The van der Waals surface area contributed by atoms with Gasteiger partial charge in [-0.2, -0.15) is 0 Å². The van der Waals surface area contributed by atoms with Crippen LogP contribution in [0.1, 0.15) is 52.4 Å². The van der Waals surface area contributed by atoms with Crippen molar-refractivity contribution in [2.24, 2.45) is 5.92 Å². The van der Waals surface area contributed by atoms with E-state index in [4.69, 9.17) is 0 Å². The van der Waals surface area contributed by atoms with Crippen LogP contribution < -0.4 is 5.32 Å². The molecule has 1 saturated carbocycles. The summed E-state index contributed by atoms with van der Waals surface area (Å²) in [6.07, 6.45) is 7.97. The third-order valence-corrected chi connectivity index (χ3v) is 4.94. The lowest BCUT2D eigenvalue weighted by Gasteiger charge is -2.30. The molecule has 2 unspecified atom stereocenters. The molecule has 16 heavy (non-hydrogen) atoms. The maximum Gasteiger partial charge on any atom is 0.0391 e. The molecule has 1 aliphatic carbocycles. The molecule has 2 nitrogen and oxygen atoms in total. The van der Waals surface area contributed by atoms with Crippen LogP contribution in [-0.4, -0.2) is 28.3 Å². The van der Waals surface area contributed by atoms with Crippen LogP contribution in [0.15, 0.2) is 0 Å². The van der Waals surface area contributed by atoms with Gasteiger partial charge in [-0.15, -0.1) is 0 Å². The van der Waals surface area contributed by atoms with Crippen LogP contribution in [0.2, 0.25) is 0 Å². The van der Waals surface area contributed by atoms with Gasteiger partial charge in [-0.05, 0) is 31.7 Å². The second-order valence-corrected chi connectivity index (χ2v) is 6.64.